The Bertz CT molecular complexity index is 968. The number of rotatable bonds is 3. The van der Waals surface area contributed by atoms with E-state index in [0.717, 1.165) is 44.2 Å². The molecule has 6 heteroatoms. The van der Waals surface area contributed by atoms with Crippen LogP contribution in [-0.2, 0) is 14.3 Å². The monoisotopic (exact) mass is 467 g/mol. The number of ketones is 1. The molecule has 5 saturated carbocycles. The van der Waals surface area contributed by atoms with Crippen molar-refractivity contribution >= 4 is 11.8 Å². The number of Topliss-reactive ketones (excluding diaryl/α,β-unsaturated/α-hetero) is 1. The lowest BCUT2D eigenvalue weighted by atomic mass is 9.44. The molecule has 1 heterocycles. The van der Waals surface area contributed by atoms with E-state index in [4.69, 9.17) is 4.74 Å². The van der Waals surface area contributed by atoms with Gasteiger partial charge in [-0.1, -0.05) is 31.9 Å². The van der Waals surface area contributed by atoms with Crippen molar-refractivity contribution in [2.45, 2.75) is 116 Å². The number of ether oxygens (including phenoxy) is 1. The van der Waals surface area contributed by atoms with E-state index in [0.29, 0.717) is 41.8 Å². The molecular weight excluding hydrogens is 426 g/mol. The molecule has 0 aromatic carbocycles. The molecule has 0 bridgehead atoms. The van der Waals surface area contributed by atoms with E-state index in [1.54, 1.807) is 6.92 Å². The SMILES string of the molecule is CC(=O)O[C@H]1CC[C@H]2[C@@H]3CC[C@H]4CC(=O)C[C@H](n5cc(C6CCCC6)nn5)[C@]4(C)[C@H]3CC[C@]12C. The third-order valence-electron chi connectivity index (χ3n) is 11.4. The summed E-state index contributed by atoms with van der Waals surface area (Å²) in [6.45, 7) is 6.43. The van der Waals surface area contributed by atoms with Crippen molar-refractivity contribution < 1.29 is 14.3 Å². The van der Waals surface area contributed by atoms with Crippen LogP contribution in [-0.4, -0.2) is 32.9 Å². The van der Waals surface area contributed by atoms with E-state index in [1.165, 1.54) is 32.1 Å². The van der Waals surface area contributed by atoms with Gasteiger partial charge in [-0.05, 0) is 80.5 Å². The molecule has 5 fully saturated rings. The summed E-state index contributed by atoms with van der Waals surface area (Å²) in [4.78, 5) is 24.7. The molecule has 186 valence electrons. The number of hydrogen-bond acceptors (Lipinski definition) is 5. The maximum Gasteiger partial charge on any atom is 0.302 e. The summed E-state index contributed by atoms with van der Waals surface area (Å²) in [5, 5.41) is 9.30. The van der Waals surface area contributed by atoms with Crippen LogP contribution >= 0.6 is 0 Å². The van der Waals surface area contributed by atoms with Crippen LogP contribution in [0.15, 0.2) is 6.20 Å². The summed E-state index contributed by atoms with van der Waals surface area (Å²) in [6.07, 6.45) is 15.4. The normalized spacial score (nSPS) is 44.4. The zero-order valence-electron chi connectivity index (χ0n) is 21.2. The maximum absolute atomic E-state index is 12.9. The lowest BCUT2D eigenvalue weighted by molar-refractivity contribution is -0.167. The third kappa shape index (κ3) is 3.33. The summed E-state index contributed by atoms with van der Waals surface area (Å²) < 4.78 is 7.96. The van der Waals surface area contributed by atoms with Crippen LogP contribution in [0.2, 0.25) is 0 Å². The molecule has 0 amide bonds. The highest BCUT2D eigenvalue weighted by molar-refractivity contribution is 5.80. The minimum absolute atomic E-state index is 0.0643. The molecule has 6 nitrogen and oxygen atoms in total. The fourth-order valence-electron chi connectivity index (χ4n) is 9.68. The molecule has 6 rings (SSSR count). The quantitative estimate of drug-likeness (QED) is 0.539. The van der Waals surface area contributed by atoms with Crippen LogP contribution in [0.5, 0.6) is 0 Å². The average molecular weight is 468 g/mol. The van der Waals surface area contributed by atoms with Gasteiger partial charge >= 0.3 is 5.97 Å². The van der Waals surface area contributed by atoms with Gasteiger partial charge in [-0.3, -0.25) is 9.59 Å². The van der Waals surface area contributed by atoms with Gasteiger partial charge in [-0.25, -0.2) is 4.68 Å². The predicted octanol–water partition coefficient (Wildman–Crippen LogP) is 5.63. The number of hydrogen-bond donors (Lipinski definition) is 0. The Morgan fingerprint density at radius 3 is 2.59 bits per heavy atom. The van der Waals surface area contributed by atoms with Crippen molar-refractivity contribution in [1.82, 2.24) is 15.0 Å². The van der Waals surface area contributed by atoms with Crippen LogP contribution in [0.1, 0.15) is 115 Å². The molecule has 0 radical (unpaired) electrons. The van der Waals surface area contributed by atoms with Gasteiger partial charge < -0.3 is 4.74 Å². The number of esters is 1. The number of carbonyl (C=O) groups excluding carboxylic acids is 2. The molecule has 5 aliphatic carbocycles. The van der Waals surface area contributed by atoms with E-state index in [1.807, 2.05) is 0 Å². The van der Waals surface area contributed by atoms with Crippen LogP contribution in [0, 0.1) is 34.5 Å². The Labute approximate surface area is 203 Å². The molecule has 34 heavy (non-hydrogen) atoms. The van der Waals surface area contributed by atoms with Crippen molar-refractivity contribution in [3.05, 3.63) is 11.9 Å². The zero-order chi connectivity index (χ0) is 23.7. The fraction of sp³-hybridized carbons (Fsp3) is 0.857. The number of carbonyl (C=O) groups is 2. The van der Waals surface area contributed by atoms with Crippen LogP contribution in [0.25, 0.3) is 0 Å². The zero-order valence-corrected chi connectivity index (χ0v) is 21.2. The lowest BCUT2D eigenvalue weighted by Crippen LogP contribution is -2.57. The lowest BCUT2D eigenvalue weighted by Gasteiger charge is -2.62. The second-order valence-electron chi connectivity index (χ2n) is 12.8. The Balaban J connectivity index is 1.32. The average Bonchev–Trinajstić information content (AvgIpc) is 3.54. The minimum atomic E-state index is -0.139. The largest absolute Gasteiger partial charge is 0.462 e. The first kappa shape index (κ1) is 22.7. The van der Waals surface area contributed by atoms with Gasteiger partial charge in [-0.2, -0.15) is 0 Å². The van der Waals surface area contributed by atoms with Crippen molar-refractivity contribution in [2.24, 2.45) is 34.5 Å². The van der Waals surface area contributed by atoms with Crippen molar-refractivity contribution in [3.8, 4) is 0 Å². The maximum atomic E-state index is 12.9. The topological polar surface area (TPSA) is 74.1 Å². The van der Waals surface area contributed by atoms with Gasteiger partial charge in [0.2, 0.25) is 0 Å². The van der Waals surface area contributed by atoms with Crippen molar-refractivity contribution in [2.75, 3.05) is 0 Å². The van der Waals surface area contributed by atoms with E-state index in [9.17, 15) is 9.59 Å². The predicted molar refractivity (Wildman–Crippen MR) is 128 cm³/mol. The molecule has 0 unspecified atom stereocenters. The standard InChI is InChI=1S/C28H41N3O3/c1-17(32)34-26-11-10-22-21-9-8-19-14-20(33)15-25(28(19,3)23(21)12-13-27(22,26)2)31-16-24(29-30-31)18-6-4-5-7-18/h16,18-19,21-23,25-26H,4-15H2,1-3H3/t19-,21-,22-,23-,25-,26-,27-,28-/m0/s1. The Kier molecular flexibility index (Phi) is 5.46. The van der Waals surface area contributed by atoms with Gasteiger partial charge in [-0.15, -0.1) is 5.10 Å². The van der Waals surface area contributed by atoms with Gasteiger partial charge in [0.1, 0.15) is 11.9 Å². The molecule has 0 spiro atoms. The minimum Gasteiger partial charge on any atom is -0.462 e. The van der Waals surface area contributed by atoms with Crippen LogP contribution < -0.4 is 0 Å². The molecule has 1 aromatic heterocycles. The summed E-state index contributed by atoms with van der Waals surface area (Å²) in [7, 11) is 0. The molecule has 0 N–H and O–H groups in total. The summed E-state index contributed by atoms with van der Waals surface area (Å²) >= 11 is 0. The van der Waals surface area contributed by atoms with E-state index >= 15 is 0 Å². The van der Waals surface area contributed by atoms with Crippen molar-refractivity contribution in [3.63, 3.8) is 0 Å². The Morgan fingerprint density at radius 2 is 1.82 bits per heavy atom. The first-order valence-corrected chi connectivity index (χ1v) is 13.9. The molecular formula is C28H41N3O3. The highest BCUT2D eigenvalue weighted by Crippen LogP contribution is 2.68. The molecule has 5 aliphatic rings. The van der Waals surface area contributed by atoms with E-state index < -0.39 is 0 Å². The van der Waals surface area contributed by atoms with E-state index in [2.05, 4.69) is 35.0 Å². The van der Waals surface area contributed by atoms with Gasteiger partial charge in [0.05, 0.1) is 11.7 Å². The Hall–Kier alpha value is -1.72. The smallest absolute Gasteiger partial charge is 0.302 e. The first-order chi connectivity index (χ1) is 16.3. The van der Waals surface area contributed by atoms with Crippen molar-refractivity contribution in [1.29, 1.82) is 0 Å². The third-order valence-corrected chi connectivity index (χ3v) is 11.4. The summed E-state index contributed by atoms with van der Waals surface area (Å²) in [6, 6.07) is 0.115. The number of fused-ring (bicyclic) bond motifs is 5. The number of nitrogens with zero attached hydrogens (tertiary/aromatic N) is 3. The molecule has 0 saturated heterocycles. The van der Waals surface area contributed by atoms with Crippen LogP contribution in [0.4, 0.5) is 0 Å². The molecule has 0 aliphatic heterocycles. The summed E-state index contributed by atoms with van der Waals surface area (Å²) in [5.74, 6) is 3.10. The van der Waals surface area contributed by atoms with Gasteiger partial charge in [0, 0.05) is 37.3 Å². The van der Waals surface area contributed by atoms with E-state index in [-0.39, 0.29) is 28.9 Å². The first-order valence-electron chi connectivity index (χ1n) is 13.9. The second kappa shape index (κ2) is 8.16. The highest BCUT2D eigenvalue weighted by Gasteiger charge is 2.63. The van der Waals surface area contributed by atoms with Gasteiger partial charge in [0.25, 0.3) is 0 Å². The highest BCUT2D eigenvalue weighted by atomic mass is 16.5. The fourth-order valence-corrected chi connectivity index (χ4v) is 9.68. The number of aromatic nitrogens is 3. The van der Waals surface area contributed by atoms with Gasteiger partial charge in [0.15, 0.2) is 0 Å². The van der Waals surface area contributed by atoms with Crippen LogP contribution in [0.3, 0.4) is 0 Å². The Morgan fingerprint density at radius 1 is 1.03 bits per heavy atom. The summed E-state index contributed by atoms with van der Waals surface area (Å²) in [5.41, 5.74) is 1.30. The molecule has 8 atom stereocenters. The second-order valence-corrected chi connectivity index (χ2v) is 12.8. The molecule has 1 aromatic rings.